The highest BCUT2D eigenvalue weighted by Crippen LogP contribution is 2.32. The highest BCUT2D eigenvalue weighted by Gasteiger charge is 2.44. The number of hydrogen-bond donors (Lipinski definition) is 0. The third-order valence-corrected chi connectivity index (χ3v) is 5.07. The summed E-state index contributed by atoms with van der Waals surface area (Å²) in [5.41, 5.74) is -0.996. The van der Waals surface area contributed by atoms with Crippen LogP contribution in [0.5, 0.6) is 0 Å². The molecule has 0 saturated carbocycles. The largest absolute Gasteiger partial charge is 0.379 e. The molecule has 6 heteroatoms. The van der Waals surface area contributed by atoms with Crippen LogP contribution in [0.3, 0.4) is 0 Å². The zero-order chi connectivity index (χ0) is 17.2. The Morgan fingerprint density at radius 1 is 1.33 bits per heavy atom. The van der Waals surface area contributed by atoms with Crippen molar-refractivity contribution in [2.24, 2.45) is 5.92 Å². The van der Waals surface area contributed by atoms with Crippen LogP contribution >= 0.6 is 0 Å². The average molecular weight is 336 g/mol. The first-order chi connectivity index (χ1) is 11.5. The predicted molar refractivity (Wildman–Crippen MR) is 88.1 cm³/mol. The lowest BCUT2D eigenvalue weighted by atomic mass is 9.90. The van der Waals surface area contributed by atoms with Crippen LogP contribution < -0.4 is 0 Å². The van der Waals surface area contributed by atoms with Gasteiger partial charge in [0.05, 0.1) is 13.2 Å². The summed E-state index contributed by atoms with van der Waals surface area (Å²) in [5, 5.41) is 0. The second kappa shape index (κ2) is 7.17. The Balaban J connectivity index is 1.61. The highest BCUT2D eigenvalue weighted by molar-refractivity contribution is 5.87. The number of halogens is 1. The van der Waals surface area contributed by atoms with Gasteiger partial charge in [0.2, 0.25) is 0 Å². The molecule has 2 saturated heterocycles. The van der Waals surface area contributed by atoms with Crippen molar-refractivity contribution in [1.82, 2.24) is 9.80 Å². The summed E-state index contributed by atoms with van der Waals surface area (Å²) in [5.74, 6) is -0.123. The molecule has 5 nitrogen and oxygen atoms in total. The van der Waals surface area contributed by atoms with Crippen molar-refractivity contribution >= 4 is 5.91 Å². The van der Waals surface area contributed by atoms with Gasteiger partial charge in [-0.25, -0.2) is 4.39 Å². The maximum Gasteiger partial charge on any atom is 0.259 e. The van der Waals surface area contributed by atoms with E-state index in [2.05, 4.69) is 4.90 Å². The second-order valence-electron chi connectivity index (χ2n) is 6.71. The van der Waals surface area contributed by atoms with Crippen LogP contribution in [0.25, 0.3) is 0 Å². The maximum atomic E-state index is 14.1. The van der Waals surface area contributed by atoms with Crippen LogP contribution in [-0.4, -0.2) is 68.8 Å². The normalized spacial score (nSPS) is 22.0. The number of rotatable bonds is 5. The van der Waals surface area contributed by atoms with Crippen molar-refractivity contribution in [3.8, 4) is 0 Å². The number of hydrogen-bond acceptors (Lipinski definition) is 4. The van der Waals surface area contributed by atoms with Crippen molar-refractivity contribution in [2.45, 2.75) is 12.5 Å². The summed E-state index contributed by atoms with van der Waals surface area (Å²) in [6, 6.07) is 6.31. The number of methoxy groups -OCH3 is 1. The molecule has 3 rings (SSSR count). The van der Waals surface area contributed by atoms with E-state index >= 15 is 0 Å². The van der Waals surface area contributed by atoms with Crippen LogP contribution in [0, 0.1) is 11.7 Å². The topological polar surface area (TPSA) is 42.0 Å². The number of morpholine rings is 1. The first-order valence-electron chi connectivity index (χ1n) is 8.44. The molecule has 0 N–H and O–H groups in total. The molecule has 0 aliphatic carbocycles. The van der Waals surface area contributed by atoms with Crippen LogP contribution in [0.15, 0.2) is 24.3 Å². The van der Waals surface area contributed by atoms with E-state index < -0.39 is 11.4 Å². The number of carbonyl (C=O) groups excluding carboxylic acids is 1. The zero-order valence-corrected chi connectivity index (χ0v) is 14.3. The molecule has 1 amide bonds. The molecule has 0 bridgehead atoms. The molecule has 2 aliphatic rings. The standard InChI is InChI=1S/C18H25FN2O3/c1-18(23-2,15-5-3-4-6-16(15)19)17(22)21-12-14(13-21)11-20-7-9-24-10-8-20/h3-6,14H,7-13H2,1-2H3/t18-/m1/s1. The van der Waals surface area contributed by atoms with E-state index in [1.54, 1.807) is 30.0 Å². The lowest BCUT2D eigenvalue weighted by molar-refractivity contribution is -0.162. The summed E-state index contributed by atoms with van der Waals surface area (Å²) in [7, 11) is 1.45. The molecule has 0 radical (unpaired) electrons. The second-order valence-corrected chi connectivity index (χ2v) is 6.71. The third-order valence-electron chi connectivity index (χ3n) is 5.07. The monoisotopic (exact) mass is 336 g/mol. The molecule has 0 spiro atoms. The minimum Gasteiger partial charge on any atom is -0.379 e. The van der Waals surface area contributed by atoms with E-state index in [0.717, 1.165) is 32.8 Å². The average Bonchev–Trinajstić information content (AvgIpc) is 2.58. The van der Waals surface area contributed by atoms with Crippen molar-refractivity contribution < 1.29 is 18.7 Å². The van der Waals surface area contributed by atoms with E-state index in [9.17, 15) is 9.18 Å². The lowest BCUT2D eigenvalue weighted by Crippen LogP contribution is -2.59. The Morgan fingerprint density at radius 3 is 2.62 bits per heavy atom. The summed E-state index contributed by atoms with van der Waals surface area (Å²) >= 11 is 0. The Labute approximate surface area is 142 Å². The van der Waals surface area contributed by atoms with Gasteiger partial charge in [-0.1, -0.05) is 18.2 Å². The van der Waals surface area contributed by atoms with Crippen molar-refractivity contribution in [3.05, 3.63) is 35.6 Å². The summed E-state index contributed by atoms with van der Waals surface area (Å²) in [6.45, 7) is 7.49. The molecule has 1 aromatic rings. The molecule has 2 fully saturated rings. The van der Waals surface area contributed by atoms with Gasteiger partial charge in [0.25, 0.3) is 5.91 Å². The smallest absolute Gasteiger partial charge is 0.259 e. The van der Waals surface area contributed by atoms with Gasteiger partial charge in [-0.3, -0.25) is 9.69 Å². The fraction of sp³-hybridized carbons (Fsp3) is 0.611. The van der Waals surface area contributed by atoms with Gasteiger partial charge in [0, 0.05) is 51.3 Å². The number of ether oxygens (including phenoxy) is 2. The third kappa shape index (κ3) is 3.31. The summed E-state index contributed by atoms with van der Waals surface area (Å²) in [4.78, 5) is 17.0. The minimum atomic E-state index is -1.28. The Bertz CT molecular complexity index is 585. The molecule has 24 heavy (non-hydrogen) atoms. The first-order valence-corrected chi connectivity index (χ1v) is 8.44. The quantitative estimate of drug-likeness (QED) is 0.817. The Hall–Kier alpha value is -1.50. The molecule has 0 aromatic heterocycles. The summed E-state index contributed by atoms with van der Waals surface area (Å²) < 4.78 is 24.9. The number of likely N-dealkylation sites (tertiary alicyclic amines) is 1. The molecular formula is C18H25FN2O3. The molecule has 1 aromatic carbocycles. The van der Waals surface area contributed by atoms with Gasteiger partial charge in [-0.15, -0.1) is 0 Å². The minimum absolute atomic E-state index is 0.173. The van der Waals surface area contributed by atoms with Gasteiger partial charge < -0.3 is 14.4 Å². The van der Waals surface area contributed by atoms with Crippen molar-refractivity contribution in [3.63, 3.8) is 0 Å². The van der Waals surface area contributed by atoms with E-state index in [4.69, 9.17) is 9.47 Å². The number of carbonyl (C=O) groups is 1. The highest BCUT2D eigenvalue weighted by atomic mass is 19.1. The van der Waals surface area contributed by atoms with Gasteiger partial charge in [0.1, 0.15) is 5.82 Å². The molecule has 1 atom stereocenters. The molecular weight excluding hydrogens is 311 g/mol. The predicted octanol–water partition coefficient (Wildman–Crippen LogP) is 1.48. The maximum absolute atomic E-state index is 14.1. The fourth-order valence-electron chi connectivity index (χ4n) is 3.46. The van der Waals surface area contributed by atoms with E-state index in [0.29, 0.717) is 19.0 Å². The van der Waals surface area contributed by atoms with Crippen LogP contribution in [0.1, 0.15) is 12.5 Å². The van der Waals surface area contributed by atoms with Gasteiger partial charge >= 0.3 is 0 Å². The molecule has 132 valence electrons. The fourth-order valence-corrected chi connectivity index (χ4v) is 3.46. The zero-order valence-electron chi connectivity index (χ0n) is 14.3. The van der Waals surface area contributed by atoms with Crippen LogP contribution in [0.2, 0.25) is 0 Å². The lowest BCUT2D eigenvalue weighted by Gasteiger charge is -2.45. The molecule has 2 aliphatic heterocycles. The van der Waals surface area contributed by atoms with Crippen molar-refractivity contribution in [1.29, 1.82) is 0 Å². The van der Waals surface area contributed by atoms with Gasteiger partial charge in [-0.05, 0) is 13.0 Å². The number of benzene rings is 1. The van der Waals surface area contributed by atoms with E-state index in [1.807, 2.05) is 0 Å². The van der Waals surface area contributed by atoms with E-state index in [-0.39, 0.29) is 11.5 Å². The van der Waals surface area contributed by atoms with Gasteiger partial charge in [-0.2, -0.15) is 0 Å². The van der Waals surface area contributed by atoms with Crippen LogP contribution in [0.4, 0.5) is 4.39 Å². The van der Waals surface area contributed by atoms with Crippen LogP contribution in [-0.2, 0) is 19.9 Å². The van der Waals surface area contributed by atoms with Gasteiger partial charge in [0.15, 0.2) is 5.60 Å². The number of nitrogens with zero attached hydrogens (tertiary/aromatic N) is 2. The Morgan fingerprint density at radius 2 is 2.00 bits per heavy atom. The van der Waals surface area contributed by atoms with Crippen molar-refractivity contribution in [2.75, 3.05) is 53.0 Å². The molecule has 2 heterocycles. The SMILES string of the molecule is CO[C@@](C)(C(=O)N1CC(CN2CCOCC2)C1)c1ccccc1F. The Kier molecular flexibility index (Phi) is 5.18. The summed E-state index contributed by atoms with van der Waals surface area (Å²) in [6.07, 6.45) is 0. The molecule has 0 unspecified atom stereocenters. The first kappa shape index (κ1) is 17.3. The van der Waals surface area contributed by atoms with E-state index in [1.165, 1.54) is 13.2 Å². The number of amides is 1.